The number of carbonyl (C=O) groups excluding carboxylic acids is 2. The van der Waals surface area contributed by atoms with Gasteiger partial charge in [-0.25, -0.2) is 13.1 Å². The molecule has 0 spiro atoms. The van der Waals surface area contributed by atoms with E-state index in [1.54, 1.807) is 39.2 Å². The highest BCUT2D eigenvalue weighted by Crippen LogP contribution is 2.22. The van der Waals surface area contributed by atoms with Gasteiger partial charge in [0.2, 0.25) is 11.8 Å². The summed E-state index contributed by atoms with van der Waals surface area (Å²) in [4.78, 5) is 30.4. The smallest absolute Gasteiger partial charge is 0.267 e. The van der Waals surface area contributed by atoms with Gasteiger partial charge in [0.1, 0.15) is 4.90 Å². The topological polar surface area (TPSA) is 114 Å². The van der Waals surface area contributed by atoms with Crippen LogP contribution in [-0.4, -0.2) is 46.4 Å². The van der Waals surface area contributed by atoms with Crippen molar-refractivity contribution in [1.29, 1.82) is 0 Å². The highest BCUT2D eigenvalue weighted by Gasteiger charge is 2.37. The number of hydrogen-bond donors (Lipinski definition) is 1. The third-order valence-corrected chi connectivity index (χ3v) is 6.21. The van der Waals surface area contributed by atoms with E-state index in [-0.39, 0.29) is 30.3 Å². The van der Waals surface area contributed by atoms with Crippen molar-refractivity contribution in [3.63, 3.8) is 0 Å². The molecule has 0 unspecified atom stereocenters. The summed E-state index contributed by atoms with van der Waals surface area (Å²) < 4.78 is 28.8. The van der Waals surface area contributed by atoms with Gasteiger partial charge in [-0.2, -0.15) is 5.10 Å². The molecule has 9 nitrogen and oxygen atoms in total. The maximum Gasteiger partial charge on any atom is 0.267 e. The maximum absolute atomic E-state index is 12.6. The largest absolute Gasteiger partial charge is 0.336 e. The van der Waals surface area contributed by atoms with E-state index in [9.17, 15) is 18.0 Å². The molecule has 2 aromatic heterocycles. The second kappa shape index (κ2) is 7.10. The third kappa shape index (κ3) is 3.85. The Bertz CT molecular complexity index is 984. The van der Waals surface area contributed by atoms with Crippen LogP contribution < -0.4 is 4.72 Å². The maximum atomic E-state index is 12.6. The Kier molecular flexibility index (Phi) is 5.01. The average Bonchev–Trinajstić information content (AvgIpc) is 3.08. The molecule has 3 rings (SSSR count). The van der Waals surface area contributed by atoms with Crippen LogP contribution in [0.25, 0.3) is 0 Å². The van der Waals surface area contributed by atoms with Crippen LogP contribution in [0.1, 0.15) is 23.5 Å². The average molecular weight is 391 g/mol. The number of hydrogen-bond acceptors (Lipinski definition) is 6. The van der Waals surface area contributed by atoms with Crippen molar-refractivity contribution in [1.82, 2.24) is 24.4 Å². The first kappa shape index (κ1) is 19.0. The number of nitrogens with zero attached hydrogens (tertiary/aromatic N) is 4. The zero-order valence-corrected chi connectivity index (χ0v) is 16.2. The van der Waals surface area contributed by atoms with E-state index in [0.717, 1.165) is 0 Å². The zero-order chi connectivity index (χ0) is 19.8. The molecule has 0 aliphatic carbocycles. The van der Waals surface area contributed by atoms with Crippen LogP contribution in [0.15, 0.2) is 29.3 Å². The van der Waals surface area contributed by atoms with Crippen LogP contribution in [0.2, 0.25) is 0 Å². The van der Waals surface area contributed by atoms with Crippen LogP contribution in [0.4, 0.5) is 0 Å². The van der Waals surface area contributed by atoms with Crippen molar-refractivity contribution in [3.8, 4) is 0 Å². The Labute approximate surface area is 157 Å². The molecule has 1 N–H and O–H groups in total. The van der Waals surface area contributed by atoms with Crippen molar-refractivity contribution in [2.75, 3.05) is 6.54 Å². The Morgan fingerprint density at radius 1 is 1.33 bits per heavy atom. The molecule has 0 radical (unpaired) electrons. The van der Waals surface area contributed by atoms with Crippen LogP contribution in [0, 0.1) is 19.8 Å². The monoisotopic (exact) mass is 391 g/mol. The Balaban J connectivity index is 1.70. The molecule has 1 saturated heterocycles. The van der Waals surface area contributed by atoms with Gasteiger partial charge in [-0.1, -0.05) is 6.07 Å². The van der Waals surface area contributed by atoms with Crippen LogP contribution in [0.3, 0.4) is 0 Å². The second-order valence-corrected chi connectivity index (χ2v) is 8.21. The summed E-state index contributed by atoms with van der Waals surface area (Å²) in [7, 11) is -2.42. The zero-order valence-electron chi connectivity index (χ0n) is 15.3. The van der Waals surface area contributed by atoms with Gasteiger partial charge in [0.25, 0.3) is 10.0 Å². The van der Waals surface area contributed by atoms with Crippen LogP contribution >= 0.6 is 0 Å². The molecule has 1 atom stereocenters. The molecule has 1 fully saturated rings. The van der Waals surface area contributed by atoms with Gasteiger partial charge in [-0.15, -0.1) is 0 Å². The summed E-state index contributed by atoms with van der Waals surface area (Å²) in [5.41, 5.74) is 1.46. The summed E-state index contributed by atoms with van der Waals surface area (Å²) in [6, 6.07) is 5.39. The molecule has 0 bridgehead atoms. The number of likely N-dealkylation sites (tertiary alicyclic amines) is 1. The standard InChI is InChI=1S/C17H21N5O4S/c1-11-16(12(2)21(3)19-11)27(25,26)20-17(24)13-8-15(23)22(9-13)10-14-6-4-5-7-18-14/h4-7,13H,8-10H2,1-3H3,(H,20,24)/t13-/m0/s1. The van der Waals surface area contributed by atoms with Gasteiger partial charge in [0, 0.05) is 26.2 Å². The lowest BCUT2D eigenvalue weighted by Gasteiger charge is -2.16. The number of rotatable bonds is 5. The molecule has 0 saturated carbocycles. The van der Waals surface area contributed by atoms with E-state index in [4.69, 9.17) is 0 Å². The van der Waals surface area contributed by atoms with E-state index in [1.165, 1.54) is 9.58 Å². The lowest BCUT2D eigenvalue weighted by molar-refractivity contribution is -0.129. The molecule has 1 aliphatic rings. The van der Waals surface area contributed by atoms with Gasteiger partial charge in [-0.05, 0) is 26.0 Å². The van der Waals surface area contributed by atoms with Crippen molar-refractivity contribution in [2.45, 2.75) is 31.7 Å². The fourth-order valence-electron chi connectivity index (χ4n) is 3.20. The normalized spacial score (nSPS) is 17.4. The first-order chi connectivity index (χ1) is 12.7. The minimum Gasteiger partial charge on any atom is -0.336 e. The van der Waals surface area contributed by atoms with Crippen molar-refractivity contribution < 1.29 is 18.0 Å². The predicted molar refractivity (Wildman–Crippen MR) is 95.8 cm³/mol. The highest BCUT2D eigenvalue weighted by atomic mass is 32.2. The summed E-state index contributed by atoms with van der Waals surface area (Å²) in [5.74, 6) is -1.62. The minimum absolute atomic E-state index is 0.00647. The number of sulfonamides is 1. The summed E-state index contributed by atoms with van der Waals surface area (Å²) >= 11 is 0. The molecular weight excluding hydrogens is 370 g/mol. The summed E-state index contributed by atoms with van der Waals surface area (Å²) in [6.45, 7) is 3.63. The summed E-state index contributed by atoms with van der Waals surface area (Å²) in [6.07, 6.45) is 1.60. The SMILES string of the molecule is Cc1nn(C)c(C)c1S(=O)(=O)NC(=O)[C@H]1CC(=O)N(Cc2ccccn2)C1. The van der Waals surface area contributed by atoms with Gasteiger partial charge in [-0.3, -0.25) is 19.3 Å². The number of aryl methyl sites for hydroxylation is 2. The molecule has 0 aromatic carbocycles. The first-order valence-electron chi connectivity index (χ1n) is 8.43. The van der Waals surface area contributed by atoms with Crippen molar-refractivity contribution in [3.05, 3.63) is 41.5 Å². The molecular formula is C17H21N5O4S. The quantitative estimate of drug-likeness (QED) is 0.783. The Hall–Kier alpha value is -2.75. The number of aromatic nitrogens is 3. The number of pyridine rings is 1. The van der Waals surface area contributed by atoms with Crippen LogP contribution in [-0.2, 0) is 33.2 Å². The first-order valence-corrected chi connectivity index (χ1v) is 9.92. The Morgan fingerprint density at radius 3 is 2.67 bits per heavy atom. The van der Waals surface area contributed by atoms with Gasteiger partial charge < -0.3 is 4.90 Å². The van der Waals surface area contributed by atoms with Crippen LogP contribution in [0.5, 0.6) is 0 Å². The van der Waals surface area contributed by atoms with Gasteiger partial charge in [0.15, 0.2) is 0 Å². The second-order valence-electron chi connectivity index (χ2n) is 6.59. The summed E-state index contributed by atoms with van der Waals surface area (Å²) in [5, 5.41) is 4.07. The lowest BCUT2D eigenvalue weighted by Crippen LogP contribution is -2.37. The van der Waals surface area contributed by atoms with E-state index < -0.39 is 21.8 Å². The van der Waals surface area contributed by atoms with E-state index in [2.05, 4.69) is 14.8 Å². The van der Waals surface area contributed by atoms with E-state index >= 15 is 0 Å². The van der Waals surface area contributed by atoms with E-state index in [1.807, 2.05) is 6.07 Å². The number of nitrogens with one attached hydrogen (secondary N) is 1. The number of amides is 2. The number of carbonyl (C=O) groups is 2. The molecule has 3 heterocycles. The molecule has 144 valence electrons. The minimum atomic E-state index is -4.06. The highest BCUT2D eigenvalue weighted by molar-refractivity contribution is 7.90. The third-order valence-electron chi connectivity index (χ3n) is 4.61. The molecule has 2 amide bonds. The fourth-order valence-corrected chi connectivity index (χ4v) is 4.68. The predicted octanol–water partition coefficient (Wildman–Crippen LogP) is 0.286. The van der Waals surface area contributed by atoms with Crippen molar-refractivity contribution >= 4 is 21.8 Å². The van der Waals surface area contributed by atoms with Gasteiger partial charge in [0.05, 0.1) is 29.5 Å². The van der Waals surface area contributed by atoms with Gasteiger partial charge >= 0.3 is 0 Å². The van der Waals surface area contributed by atoms with Crippen molar-refractivity contribution in [2.24, 2.45) is 13.0 Å². The molecule has 2 aromatic rings. The molecule has 27 heavy (non-hydrogen) atoms. The molecule has 10 heteroatoms. The van der Waals surface area contributed by atoms with E-state index in [0.29, 0.717) is 17.1 Å². The lowest BCUT2D eigenvalue weighted by atomic mass is 10.1. The Morgan fingerprint density at radius 2 is 2.07 bits per heavy atom. The molecule has 1 aliphatic heterocycles. The fraction of sp³-hybridized carbons (Fsp3) is 0.412.